The number of carbonyl (C=O) groups is 1. The minimum Gasteiger partial charge on any atom is -0.349 e. The minimum atomic E-state index is -0.0361. The summed E-state index contributed by atoms with van der Waals surface area (Å²) in [7, 11) is 0. The first-order valence-corrected chi connectivity index (χ1v) is 10.5. The number of hydrogen-bond donors (Lipinski definition) is 1. The summed E-state index contributed by atoms with van der Waals surface area (Å²) in [5.74, 6) is 1.20. The summed E-state index contributed by atoms with van der Waals surface area (Å²) < 4.78 is 5.36. The van der Waals surface area contributed by atoms with Crippen LogP contribution in [0.3, 0.4) is 0 Å². The van der Waals surface area contributed by atoms with Gasteiger partial charge in [0.25, 0.3) is 5.89 Å². The molecule has 1 amide bonds. The van der Waals surface area contributed by atoms with Gasteiger partial charge in [-0.1, -0.05) is 77.6 Å². The molecule has 1 atom stereocenters. The first-order chi connectivity index (χ1) is 14.7. The molecule has 2 heterocycles. The fourth-order valence-corrected chi connectivity index (χ4v) is 3.54. The van der Waals surface area contributed by atoms with Crippen LogP contribution in [0.4, 0.5) is 0 Å². The average molecular weight is 417 g/mol. The fraction of sp³-hybridized carbons (Fsp3) is 0.130. The highest BCUT2D eigenvalue weighted by atomic mass is 32.2. The Morgan fingerprint density at radius 3 is 2.43 bits per heavy atom. The second-order valence-corrected chi connectivity index (χ2v) is 7.66. The molecule has 0 fully saturated rings. The molecule has 2 aromatic carbocycles. The smallest absolute Gasteiger partial charge is 0.259 e. The molecule has 0 unspecified atom stereocenters. The van der Waals surface area contributed by atoms with Crippen LogP contribution in [0, 0.1) is 0 Å². The third-order valence-corrected chi connectivity index (χ3v) is 5.41. The van der Waals surface area contributed by atoms with E-state index >= 15 is 0 Å². The van der Waals surface area contributed by atoms with E-state index in [0.717, 1.165) is 21.7 Å². The maximum absolute atomic E-state index is 12.2. The lowest BCUT2D eigenvalue weighted by molar-refractivity contribution is -0.119. The number of thioether (sulfide) groups is 1. The lowest BCUT2D eigenvalue weighted by atomic mass is 10.1. The van der Waals surface area contributed by atoms with Gasteiger partial charge in [-0.2, -0.15) is 4.98 Å². The molecule has 0 spiro atoms. The zero-order chi connectivity index (χ0) is 20.8. The summed E-state index contributed by atoms with van der Waals surface area (Å²) in [5, 5.41) is 7.78. The van der Waals surface area contributed by atoms with Crippen LogP contribution in [0.15, 0.2) is 88.5 Å². The van der Waals surface area contributed by atoms with Crippen molar-refractivity contribution in [2.45, 2.75) is 18.0 Å². The Labute approximate surface area is 178 Å². The van der Waals surface area contributed by atoms with Crippen molar-refractivity contribution in [3.8, 4) is 22.8 Å². The molecule has 4 rings (SSSR count). The van der Waals surface area contributed by atoms with E-state index in [1.807, 2.05) is 79.7 Å². The zero-order valence-electron chi connectivity index (χ0n) is 16.4. The SMILES string of the molecule is C[C@H](NC(=O)CSc1ccc(-c2nc(-c3ccccc3)no2)cn1)c1ccccc1. The molecule has 0 saturated heterocycles. The Hall–Kier alpha value is -3.45. The van der Waals surface area contributed by atoms with Gasteiger partial charge in [-0.3, -0.25) is 4.79 Å². The van der Waals surface area contributed by atoms with Crippen molar-refractivity contribution in [1.82, 2.24) is 20.4 Å². The average Bonchev–Trinajstić information content (AvgIpc) is 3.29. The van der Waals surface area contributed by atoms with Crippen LogP contribution in [0.2, 0.25) is 0 Å². The summed E-state index contributed by atoms with van der Waals surface area (Å²) in [6, 6.07) is 23.2. The predicted molar refractivity (Wildman–Crippen MR) is 117 cm³/mol. The van der Waals surface area contributed by atoms with E-state index in [4.69, 9.17) is 4.52 Å². The highest BCUT2D eigenvalue weighted by molar-refractivity contribution is 7.99. The summed E-state index contributed by atoms with van der Waals surface area (Å²) in [6.45, 7) is 1.97. The van der Waals surface area contributed by atoms with Gasteiger partial charge in [-0.05, 0) is 24.6 Å². The lowest BCUT2D eigenvalue weighted by Gasteiger charge is -2.13. The van der Waals surface area contributed by atoms with E-state index in [9.17, 15) is 4.79 Å². The van der Waals surface area contributed by atoms with Crippen LogP contribution in [0.5, 0.6) is 0 Å². The standard InChI is InChI=1S/C23H20N4O2S/c1-16(17-8-4-2-5-9-17)25-20(28)15-30-21-13-12-19(14-24-21)23-26-22(27-29-23)18-10-6-3-7-11-18/h2-14,16H,15H2,1H3,(H,25,28)/t16-/m0/s1. The third kappa shape index (κ3) is 4.93. The van der Waals surface area contributed by atoms with Gasteiger partial charge >= 0.3 is 0 Å². The highest BCUT2D eigenvalue weighted by Gasteiger charge is 2.12. The number of nitrogens with one attached hydrogen (secondary N) is 1. The van der Waals surface area contributed by atoms with Gasteiger partial charge in [-0.25, -0.2) is 4.98 Å². The van der Waals surface area contributed by atoms with Crippen LogP contribution in [0.25, 0.3) is 22.8 Å². The van der Waals surface area contributed by atoms with E-state index in [1.54, 1.807) is 6.20 Å². The molecule has 0 bridgehead atoms. The largest absolute Gasteiger partial charge is 0.349 e. The molecule has 30 heavy (non-hydrogen) atoms. The Balaban J connectivity index is 1.33. The van der Waals surface area contributed by atoms with Crippen LogP contribution >= 0.6 is 11.8 Å². The van der Waals surface area contributed by atoms with Gasteiger partial charge in [0.1, 0.15) is 0 Å². The van der Waals surface area contributed by atoms with Crippen LogP contribution in [-0.4, -0.2) is 26.8 Å². The van der Waals surface area contributed by atoms with Crippen molar-refractivity contribution in [2.24, 2.45) is 0 Å². The molecule has 0 aliphatic heterocycles. The number of rotatable bonds is 7. The van der Waals surface area contributed by atoms with E-state index in [0.29, 0.717) is 17.5 Å². The molecule has 7 heteroatoms. The number of pyridine rings is 1. The van der Waals surface area contributed by atoms with Crippen molar-refractivity contribution in [3.63, 3.8) is 0 Å². The number of nitrogens with zero attached hydrogens (tertiary/aromatic N) is 3. The Morgan fingerprint density at radius 1 is 1.00 bits per heavy atom. The Bertz CT molecular complexity index is 1100. The molecule has 2 aromatic heterocycles. The molecule has 4 aromatic rings. The number of hydrogen-bond acceptors (Lipinski definition) is 6. The van der Waals surface area contributed by atoms with Crippen molar-refractivity contribution in [3.05, 3.63) is 84.6 Å². The topological polar surface area (TPSA) is 80.9 Å². The van der Waals surface area contributed by atoms with Crippen molar-refractivity contribution in [1.29, 1.82) is 0 Å². The van der Waals surface area contributed by atoms with Crippen LogP contribution in [0.1, 0.15) is 18.5 Å². The molecule has 1 N–H and O–H groups in total. The van der Waals surface area contributed by atoms with Crippen molar-refractivity contribution < 1.29 is 9.32 Å². The lowest BCUT2D eigenvalue weighted by Crippen LogP contribution is -2.28. The minimum absolute atomic E-state index is 0.0355. The second-order valence-electron chi connectivity index (χ2n) is 6.66. The monoisotopic (exact) mass is 416 g/mol. The molecule has 0 radical (unpaired) electrons. The van der Waals surface area contributed by atoms with Gasteiger partial charge in [0, 0.05) is 11.8 Å². The predicted octanol–water partition coefficient (Wildman–Crippen LogP) is 4.77. The molecule has 6 nitrogen and oxygen atoms in total. The molecular formula is C23H20N4O2S. The van der Waals surface area contributed by atoms with E-state index in [1.165, 1.54) is 11.8 Å². The number of aromatic nitrogens is 3. The first-order valence-electron chi connectivity index (χ1n) is 9.52. The second kappa shape index (κ2) is 9.37. The first kappa shape index (κ1) is 19.8. The molecular weight excluding hydrogens is 396 g/mol. The number of carbonyl (C=O) groups excluding carboxylic acids is 1. The van der Waals surface area contributed by atoms with E-state index in [-0.39, 0.29) is 11.9 Å². The van der Waals surface area contributed by atoms with Gasteiger partial charge in [0.15, 0.2) is 0 Å². The van der Waals surface area contributed by atoms with Crippen molar-refractivity contribution >= 4 is 17.7 Å². The highest BCUT2D eigenvalue weighted by Crippen LogP contribution is 2.23. The summed E-state index contributed by atoms with van der Waals surface area (Å²) in [5.41, 5.74) is 2.70. The van der Waals surface area contributed by atoms with E-state index in [2.05, 4.69) is 20.4 Å². The maximum atomic E-state index is 12.2. The quantitative estimate of drug-likeness (QED) is 0.437. The Kier molecular flexibility index (Phi) is 6.20. The van der Waals surface area contributed by atoms with Gasteiger partial charge in [-0.15, -0.1) is 0 Å². The number of benzene rings is 2. The Morgan fingerprint density at radius 2 is 1.73 bits per heavy atom. The third-order valence-electron chi connectivity index (χ3n) is 4.47. The summed E-state index contributed by atoms with van der Waals surface area (Å²) in [6.07, 6.45) is 1.68. The summed E-state index contributed by atoms with van der Waals surface area (Å²) >= 11 is 1.38. The molecule has 0 aliphatic rings. The van der Waals surface area contributed by atoms with Crippen LogP contribution in [-0.2, 0) is 4.79 Å². The zero-order valence-corrected chi connectivity index (χ0v) is 17.2. The van der Waals surface area contributed by atoms with Gasteiger partial charge < -0.3 is 9.84 Å². The van der Waals surface area contributed by atoms with E-state index < -0.39 is 0 Å². The van der Waals surface area contributed by atoms with Crippen molar-refractivity contribution in [2.75, 3.05) is 5.75 Å². The maximum Gasteiger partial charge on any atom is 0.259 e. The van der Waals surface area contributed by atoms with Crippen LogP contribution < -0.4 is 5.32 Å². The fourth-order valence-electron chi connectivity index (χ4n) is 2.89. The molecule has 0 aliphatic carbocycles. The normalized spacial score (nSPS) is 11.8. The molecule has 150 valence electrons. The number of amides is 1. The van der Waals surface area contributed by atoms with Gasteiger partial charge in [0.05, 0.1) is 22.4 Å². The summed E-state index contributed by atoms with van der Waals surface area (Å²) in [4.78, 5) is 21.1. The molecule has 0 saturated carbocycles. The van der Waals surface area contributed by atoms with Gasteiger partial charge in [0.2, 0.25) is 11.7 Å².